The van der Waals surface area contributed by atoms with Crippen molar-refractivity contribution in [2.45, 2.75) is 26.2 Å². The molecule has 4 nitrogen and oxygen atoms in total. The van der Waals surface area contributed by atoms with Gasteiger partial charge in [-0.1, -0.05) is 56.3 Å². The summed E-state index contributed by atoms with van der Waals surface area (Å²) >= 11 is 0. The molecule has 0 radical (unpaired) electrons. The lowest BCUT2D eigenvalue weighted by Crippen LogP contribution is -2.19. The van der Waals surface area contributed by atoms with E-state index in [1.54, 1.807) is 4.80 Å². The number of rotatable bonds is 3. The summed E-state index contributed by atoms with van der Waals surface area (Å²) in [6, 6.07) is 21.9. The molecule has 0 amide bonds. The van der Waals surface area contributed by atoms with E-state index in [1.807, 2.05) is 61.5 Å². The normalized spacial score (nSPS) is 11.8. The zero-order valence-electron chi connectivity index (χ0n) is 15.1. The van der Waals surface area contributed by atoms with Crippen LogP contribution >= 0.6 is 0 Å². The first-order valence-electron chi connectivity index (χ1n) is 8.69. The van der Waals surface area contributed by atoms with E-state index in [1.165, 1.54) is 0 Å². The van der Waals surface area contributed by atoms with Gasteiger partial charge in [-0.15, -0.1) is 10.2 Å². The van der Waals surface area contributed by atoms with Crippen LogP contribution in [-0.4, -0.2) is 20.1 Å². The molecule has 4 rings (SSSR count). The summed E-state index contributed by atoms with van der Waals surface area (Å²) in [5.74, 6) is 0.363. The Bertz CT molecular complexity index is 1050. The number of aromatic nitrogens is 3. The van der Waals surface area contributed by atoms with Crippen molar-refractivity contribution in [3.63, 3.8) is 0 Å². The molecule has 0 saturated carbocycles. The highest BCUT2D eigenvalue weighted by atomic mass is 16.3. The molecule has 0 aliphatic carbocycles. The smallest absolute Gasteiger partial charge is 0.122 e. The Kier molecular flexibility index (Phi) is 3.76. The Labute approximate surface area is 152 Å². The van der Waals surface area contributed by atoms with E-state index in [-0.39, 0.29) is 5.41 Å². The van der Waals surface area contributed by atoms with Crippen molar-refractivity contribution >= 4 is 11.0 Å². The van der Waals surface area contributed by atoms with Gasteiger partial charge in [-0.25, -0.2) is 0 Å². The van der Waals surface area contributed by atoms with Crippen molar-refractivity contribution in [3.05, 3.63) is 83.4 Å². The van der Waals surface area contributed by atoms with E-state index in [0.717, 1.165) is 33.4 Å². The van der Waals surface area contributed by atoms with Gasteiger partial charge in [0, 0.05) is 11.0 Å². The number of fused-ring (bicyclic) bond motifs is 1. The molecule has 0 atom stereocenters. The first-order chi connectivity index (χ1) is 12.5. The Morgan fingerprint density at radius 2 is 1.42 bits per heavy atom. The Hall–Kier alpha value is -3.14. The van der Waals surface area contributed by atoms with Crippen LogP contribution in [0.15, 0.2) is 66.7 Å². The molecule has 4 heteroatoms. The Morgan fingerprint density at radius 3 is 2.04 bits per heavy atom. The fourth-order valence-electron chi connectivity index (χ4n) is 3.31. The molecule has 0 saturated heterocycles. The standard InChI is InChI=1S/C22H21N3O/c1-15-7-6-8-18(21(15)26)22(2,3)16-11-13-17(14-12-16)25-23-19-9-4-5-10-20(19)24-25/h4-14,26H,1-3H3. The van der Waals surface area contributed by atoms with Gasteiger partial charge in [0.1, 0.15) is 16.8 Å². The van der Waals surface area contributed by atoms with Gasteiger partial charge in [0.05, 0.1) is 5.69 Å². The number of hydrogen-bond acceptors (Lipinski definition) is 3. The largest absolute Gasteiger partial charge is 0.507 e. The van der Waals surface area contributed by atoms with Gasteiger partial charge in [-0.2, -0.15) is 4.80 Å². The highest BCUT2D eigenvalue weighted by Crippen LogP contribution is 2.38. The van der Waals surface area contributed by atoms with Crippen LogP contribution in [0.25, 0.3) is 16.7 Å². The van der Waals surface area contributed by atoms with Crippen LogP contribution in [0.5, 0.6) is 5.75 Å². The fourth-order valence-corrected chi connectivity index (χ4v) is 3.31. The van der Waals surface area contributed by atoms with Gasteiger partial charge in [-0.3, -0.25) is 0 Å². The van der Waals surface area contributed by atoms with Crippen LogP contribution in [0.4, 0.5) is 0 Å². The van der Waals surface area contributed by atoms with E-state index in [0.29, 0.717) is 5.75 Å². The van der Waals surface area contributed by atoms with Crippen molar-refractivity contribution in [1.82, 2.24) is 15.0 Å². The minimum absolute atomic E-state index is 0.309. The van der Waals surface area contributed by atoms with E-state index >= 15 is 0 Å². The second kappa shape index (κ2) is 5.99. The number of phenols is 1. The minimum Gasteiger partial charge on any atom is -0.507 e. The van der Waals surface area contributed by atoms with E-state index in [4.69, 9.17) is 0 Å². The number of aryl methyl sites for hydroxylation is 1. The van der Waals surface area contributed by atoms with Gasteiger partial charge in [-0.05, 0) is 42.3 Å². The third kappa shape index (κ3) is 2.64. The SMILES string of the molecule is Cc1cccc(C(C)(C)c2ccc(-n3nc4ccccc4n3)cc2)c1O. The monoisotopic (exact) mass is 343 g/mol. The maximum Gasteiger partial charge on any atom is 0.122 e. The lowest BCUT2D eigenvalue weighted by Gasteiger charge is -2.27. The van der Waals surface area contributed by atoms with Gasteiger partial charge in [0.2, 0.25) is 0 Å². The van der Waals surface area contributed by atoms with Crippen LogP contribution < -0.4 is 0 Å². The minimum atomic E-state index is -0.309. The van der Waals surface area contributed by atoms with Crippen LogP contribution in [0.3, 0.4) is 0 Å². The molecule has 1 heterocycles. The molecule has 0 spiro atoms. The summed E-state index contributed by atoms with van der Waals surface area (Å²) in [6.07, 6.45) is 0. The van der Waals surface area contributed by atoms with E-state index < -0.39 is 0 Å². The predicted octanol–water partition coefficient (Wildman–Crippen LogP) is 4.76. The molecular weight excluding hydrogens is 322 g/mol. The lowest BCUT2D eigenvalue weighted by atomic mass is 9.77. The topological polar surface area (TPSA) is 50.9 Å². The van der Waals surface area contributed by atoms with Crippen molar-refractivity contribution in [2.75, 3.05) is 0 Å². The van der Waals surface area contributed by atoms with Crippen molar-refractivity contribution < 1.29 is 5.11 Å². The first-order valence-corrected chi connectivity index (χ1v) is 8.69. The van der Waals surface area contributed by atoms with Crippen LogP contribution in [0.2, 0.25) is 0 Å². The maximum absolute atomic E-state index is 10.5. The van der Waals surface area contributed by atoms with E-state index in [2.05, 4.69) is 36.2 Å². The number of para-hydroxylation sites is 1. The lowest BCUT2D eigenvalue weighted by molar-refractivity contribution is 0.449. The van der Waals surface area contributed by atoms with Crippen LogP contribution in [-0.2, 0) is 5.41 Å². The van der Waals surface area contributed by atoms with Crippen molar-refractivity contribution in [3.8, 4) is 11.4 Å². The number of aromatic hydroxyl groups is 1. The zero-order chi connectivity index (χ0) is 18.3. The summed E-state index contributed by atoms with van der Waals surface area (Å²) in [6.45, 7) is 6.17. The second-order valence-corrected chi connectivity index (χ2v) is 7.12. The van der Waals surface area contributed by atoms with Gasteiger partial charge in [0.25, 0.3) is 0 Å². The molecule has 0 fully saturated rings. The third-order valence-electron chi connectivity index (χ3n) is 5.02. The van der Waals surface area contributed by atoms with Crippen LogP contribution in [0.1, 0.15) is 30.5 Å². The zero-order valence-corrected chi connectivity index (χ0v) is 15.1. The number of nitrogens with zero attached hydrogens (tertiary/aromatic N) is 3. The molecule has 0 bridgehead atoms. The van der Waals surface area contributed by atoms with Gasteiger partial charge < -0.3 is 5.11 Å². The summed E-state index contributed by atoms with van der Waals surface area (Å²) < 4.78 is 0. The second-order valence-electron chi connectivity index (χ2n) is 7.12. The number of benzene rings is 3. The molecule has 1 aromatic heterocycles. The van der Waals surface area contributed by atoms with Crippen molar-refractivity contribution in [1.29, 1.82) is 0 Å². The molecule has 0 aliphatic heterocycles. The summed E-state index contributed by atoms with van der Waals surface area (Å²) in [7, 11) is 0. The molecule has 0 unspecified atom stereocenters. The third-order valence-corrected chi connectivity index (χ3v) is 5.02. The molecule has 0 aliphatic rings. The fraction of sp³-hybridized carbons (Fsp3) is 0.182. The Balaban J connectivity index is 1.72. The van der Waals surface area contributed by atoms with Crippen molar-refractivity contribution in [2.24, 2.45) is 0 Å². The number of phenolic OH excluding ortho intramolecular Hbond substituents is 1. The molecule has 130 valence electrons. The molecular formula is C22H21N3O. The quantitative estimate of drug-likeness (QED) is 0.583. The summed E-state index contributed by atoms with van der Waals surface area (Å²) in [4.78, 5) is 1.66. The number of hydrogen-bond donors (Lipinski definition) is 1. The summed E-state index contributed by atoms with van der Waals surface area (Å²) in [5.41, 5.74) is 5.29. The predicted molar refractivity (Wildman–Crippen MR) is 104 cm³/mol. The molecule has 4 aromatic rings. The first kappa shape index (κ1) is 16.3. The molecule has 26 heavy (non-hydrogen) atoms. The van der Waals surface area contributed by atoms with Crippen LogP contribution in [0, 0.1) is 6.92 Å². The Morgan fingerprint density at radius 1 is 0.808 bits per heavy atom. The average molecular weight is 343 g/mol. The van der Waals surface area contributed by atoms with Gasteiger partial charge in [0.15, 0.2) is 0 Å². The molecule has 3 aromatic carbocycles. The van der Waals surface area contributed by atoms with E-state index in [9.17, 15) is 5.11 Å². The average Bonchev–Trinajstić information content (AvgIpc) is 3.08. The summed E-state index contributed by atoms with van der Waals surface area (Å²) in [5, 5.41) is 19.5. The highest BCUT2D eigenvalue weighted by molar-refractivity contribution is 5.73. The van der Waals surface area contributed by atoms with Gasteiger partial charge >= 0.3 is 0 Å². The maximum atomic E-state index is 10.5. The molecule has 1 N–H and O–H groups in total. The highest BCUT2D eigenvalue weighted by Gasteiger charge is 2.26.